The first-order valence-corrected chi connectivity index (χ1v) is 5.61. The summed E-state index contributed by atoms with van der Waals surface area (Å²) in [5.41, 5.74) is 1.84. The van der Waals surface area contributed by atoms with Crippen molar-refractivity contribution in [2.24, 2.45) is 0 Å². The number of thiazole rings is 1. The summed E-state index contributed by atoms with van der Waals surface area (Å²) in [6.45, 7) is 0. The average molecular weight is 230 g/mol. The maximum Gasteiger partial charge on any atom is 0.124 e. The minimum absolute atomic E-state index is 0.225. The molecule has 0 saturated heterocycles. The van der Waals surface area contributed by atoms with Crippen LogP contribution in [-0.2, 0) is 0 Å². The van der Waals surface area contributed by atoms with E-state index in [-0.39, 0.29) is 5.82 Å². The molecule has 0 unspecified atom stereocenters. The van der Waals surface area contributed by atoms with E-state index in [2.05, 4.69) is 9.97 Å². The molecule has 0 aliphatic heterocycles. The van der Waals surface area contributed by atoms with Crippen molar-refractivity contribution in [3.05, 3.63) is 48.5 Å². The topological polar surface area (TPSA) is 25.8 Å². The van der Waals surface area contributed by atoms with Gasteiger partial charge in [-0.2, -0.15) is 0 Å². The third-order valence-corrected chi connectivity index (χ3v) is 3.34. The van der Waals surface area contributed by atoms with Gasteiger partial charge in [0.2, 0.25) is 0 Å². The molecule has 0 aliphatic rings. The van der Waals surface area contributed by atoms with Gasteiger partial charge < -0.3 is 0 Å². The molecule has 2 nitrogen and oxygen atoms in total. The van der Waals surface area contributed by atoms with E-state index in [0.29, 0.717) is 0 Å². The van der Waals surface area contributed by atoms with Crippen LogP contribution in [0, 0.1) is 5.82 Å². The Kier molecular flexibility index (Phi) is 2.15. The van der Waals surface area contributed by atoms with Crippen LogP contribution in [0.1, 0.15) is 0 Å². The largest absolute Gasteiger partial charge is 0.265 e. The Balaban J connectivity index is 2.19. The molecule has 0 amide bonds. The highest BCUT2D eigenvalue weighted by atomic mass is 32.1. The Labute approximate surface area is 95.4 Å². The van der Waals surface area contributed by atoms with Crippen LogP contribution >= 0.6 is 11.3 Å². The molecule has 0 aliphatic carbocycles. The maximum atomic E-state index is 13.0. The predicted molar refractivity (Wildman–Crippen MR) is 62.8 cm³/mol. The number of hydrogen-bond acceptors (Lipinski definition) is 3. The number of fused-ring (bicyclic) bond motifs is 1. The lowest BCUT2D eigenvalue weighted by molar-refractivity contribution is 0.630. The fourth-order valence-corrected chi connectivity index (χ4v) is 2.51. The molecule has 0 fully saturated rings. The minimum Gasteiger partial charge on any atom is -0.265 e. The highest BCUT2D eigenvalue weighted by Crippen LogP contribution is 2.29. The van der Waals surface area contributed by atoms with Crippen LogP contribution in [0.4, 0.5) is 4.39 Å². The molecular weight excluding hydrogens is 223 g/mol. The van der Waals surface area contributed by atoms with Crippen LogP contribution in [-0.4, -0.2) is 9.97 Å². The summed E-state index contributed by atoms with van der Waals surface area (Å²) < 4.78 is 13.9. The number of nitrogens with zero attached hydrogens (tertiary/aromatic N) is 2. The van der Waals surface area contributed by atoms with Crippen molar-refractivity contribution in [1.29, 1.82) is 0 Å². The minimum atomic E-state index is -0.225. The fourth-order valence-electron chi connectivity index (χ4n) is 1.52. The molecule has 4 heteroatoms. The molecule has 0 spiro atoms. The molecule has 3 rings (SSSR count). The van der Waals surface area contributed by atoms with Crippen molar-refractivity contribution in [1.82, 2.24) is 9.97 Å². The van der Waals surface area contributed by atoms with Gasteiger partial charge >= 0.3 is 0 Å². The first-order valence-electron chi connectivity index (χ1n) is 4.79. The summed E-state index contributed by atoms with van der Waals surface area (Å²) in [5, 5.41) is 0.892. The van der Waals surface area contributed by atoms with Crippen LogP contribution < -0.4 is 0 Å². The first kappa shape index (κ1) is 9.42. The molecule has 0 saturated carbocycles. The van der Waals surface area contributed by atoms with E-state index in [1.807, 2.05) is 12.1 Å². The predicted octanol–water partition coefficient (Wildman–Crippen LogP) is 3.50. The number of pyridine rings is 1. The van der Waals surface area contributed by atoms with E-state index in [9.17, 15) is 4.39 Å². The monoisotopic (exact) mass is 230 g/mol. The summed E-state index contributed by atoms with van der Waals surface area (Å²) in [6, 6.07) is 8.43. The second-order valence-corrected chi connectivity index (χ2v) is 4.40. The normalized spacial score (nSPS) is 10.8. The summed E-state index contributed by atoms with van der Waals surface area (Å²) in [4.78, 5) is 8.40. The SMILES string of the molecule is Fc1ccc2nc(-c3ccncc3)sc2c1. The van der Waals surface area contributed by atoms with Gasteiger partial charge in [-0.3, -0.25) is 4.98 Å². The van der Waals surface area contributed by atoms with Gasteiger partial charge in [-0.05, 0) is 30.3 Å². The van der Waals surface area contributed by atoms with Gasteiger partial charge in [-0.25, -0.2) is 9.37 Å². The molecule has 16 heavy (non-hydrogen) atoms. The lowest BCUT2D eigenvalue weighted by atomic mass is 10.3. The van der Waals surface area contributed by atoms with E-state index < -0.39 is 0 Å². The first-order chi connectivity index (χ1) is 7.83. The Morgan fingerprint density at radius 3 is 2.69 bits per heavy atom. The molecule has 3 aromatic rings. The smallest absolute Gasteiger partial charge is 0.124 e. The highest BCUT2D eigenvalue weighted by molar-refractivity contribution is 7.21. The van der Waals surface area contributed by atoms with Crippen molar-refractivity contribution >= 4 is 21.6 Å². The number of hydrogen-bond donors (Lipinski definition) is 0. The van der Waals surface area contributed by atoms with Crippen LogP contribution in [0.5, 0.6) is 0 Å². The zero-order valence-corrected chi connectivity index (χ0v) is 9.04. The van der Waals surface area contributed by atoms with Gasteiger partial charge in [0.15, 0.2) is 0 Å². The van der Waals surface area contributed by atoms with Crippen molar-refractivity contribution in [2.45, 2.75) is 0 Å². The van der Waals surface area contributed by atoms with Crippen LogP contribution in [0.3, 0.4) is 0 Å². The fraction of sp³-hybridized carbons (Fsp3) is 0. The highest BCUT2D eigenvalue weighted by Gasteiger charge is 2.06. The lowest BCUT2D eigenvalue weighted by Gasteiger charge is -1.91. The van der Waals surface area contributed by atoms with E-state index in [1.54, 1.807) is 18.5 Å². The van der Waals surface area contributed by atoms with Gasteiger partial charge in [0.05, 0.1) is 10.2 Å². The van der Waals surface area contributed by atoms with Gasteiger partial charge in [-0.15, -0.1) is 11.3 Å². The van der Waals surface area contributed by atoms with Gasteiger partial charge in [-0.1, -0.05) is 0 Å². The van der Waals surface area contributed by atoms with Crippen LogP contribution in [0.15, 0.2) is 42.7 Å². The number of rotatable bonds is 1. The summed E-state index contributed by atoms with van der Waals surface area (Å²) in [7, 11) is 0. The van der Waals surface area contributed by atoms with Crippen molar-refractivity contribution < 1.29 is 4.39 Å². The lowest BCUT2D eigenvalue weighted by Crippen LogP contribution is -1.76. The molecule has 0 N–H and O–H groups in total. The van der Waals surface area contributed by atoms with Gasteiger partial charge in [0, 0.05) is 18.0 Å². The third kappa shape index (κ3) is 1.57. The van der Waals surface area contributed by atoms with Crippen molar-refractivity contribution in [3.63, 3.8) is 0 Å². The zero-order valence-electron chi connectivity index (χ0n) is 8.22. The molecule has 2 heterocycles. The molecule has 0 radical (unpaired) electrons. The van der Waals surface area contributed by atoms with Gasteiger partial charge in [0.1, 0.15) is 10.8 Å². The standard InChI is InChI=1S/C12H7FN2S/c13-9-1-2-10-11(7-9)16-12(15-10)8-3-5-14-6-4-8/h1-7H. The van der Waals surface area contributed by atoms with Crippen LogP contribution in [0.25, 0.3) is 20.8 Å². The van der Waals surface area contributed by atoms with E-state index in [4.69, 9.17) is 0 Å². The Morgan fingerprint density at radius 2 is 1.88 bits per heavy atom. The van der Waals surface area contributed by atoms with Crippen molar-refractivity contribution in [3.8, 4) is 10.6 Å². The summed E-state index contributed by atoms with van der Waals surface area (Å²) in [5.74, 6) is -0.225. The molecule has 0 bridgehead atoms. The van der Waals surface area contributed by atoms with E-state index in [1.165, 1.54) is 23.5 Å². The van der Waals surface area contributed by atoms with Crippen LogP contribution in [0.2, 0.25) is 0 Å². The molecule has 78 valence electrons. The number of aromatic nitrogens is 2. The molecule has 0 atom stereocenters. The summed E-state index contributed by atoms with van der Waals surface area (Å²) in [6.07, 6.45) is 3.45. The number of benzene rings is 1. The van der Waals surface area contributed by atoms with E-state index in [0.717, 1.165) is 20.8 Å². The van der Waals surface area contributed by atoms with E-state index >= 15 is 0 Å². The maximum absolute atomic E-state index is 13.0. The zero-order chi connectivity index (χ0) is 11.0. The third-order valence-electron chi connectivity index (χ3n) is 2.28. The Hall–Kier alpha value is -1.81. The Morgan fingerprint density at radius 1 is 1.06 bits per heavy atom. The number of halogens is 1. The van der Waals surface area contributed by atoms with Crippen molar-refractivity contribution in [2.75, 3.05) is 0 Å². The molecular formula is C12H7FN2S. The molecule has 2 aromatic heterocycles. The Bertz CT molecular complexity index is 634. The molecule has 1 aromatic carbocycles. The van der Waals surface area contributed by atoms with Gasteiger partial charge in [0.25, 0.3) is 0 Å². The quantitative estimate of drug-likeness (QED) is 0.639. The second kappa shape index (κ2) is 3.64. The average Bonchev–Trinajstić information content (AvgIpc) is 2.73. The second-order valence-electron chi connectivity index (χ2n) is 3.37. The summed E-state index contributed by atoms with van der Waals surface area (Å²) >= 11 is 1.49.